The first-order valence-corrected chi connectivity index (χ1v) is 9.30. The summed E-state index contributed by atoms with van der Waals surface area (Å²) in [6.45, 7) is 1.55. The lowest BCUT2D eigenvalue weighted by Gasteiger charge is -2.22. The number of halogens is 4. The van der Waals surface area contributed by atoms with E-state index >= 15 is 0 Å². The van der Waals surface area contributed by atoms with E-state index in [9.17, 15) is 13.2 Å². The van der Waals surface area contributed by atoms with Gasteiger partial charge >= 0.3 is 6.18 Å². The van der Waals surface area contributed by atoms with E-state index in [1.807, 2.05) is 18.2 Å². The molecule has 1 saturated heterocycles. The second-order valence-corrected chi connectivity index (χ2v) is 7.23. The summed E-state index contributed by atoms with van der Waals surface area (Å²) < 4.78 is 38.0. The van der Waals surface area contributed by atoms with E-state index in [-0.39, 0.29) is 12.6 Å². The van der Waals surface area contributed by atoms with E-state index in [4.69, 9.17) is 0 Å². The number of benzene rings is 1. The molecule has 1 heterocycles. The van der Waals surface area contributed by atoms with Gasteiger partial charge in [0.05, 0.1) is 12.2 Å². The molecule has 0 saturated carbocycles. The lowest BCUT2D eigenvalue weighted by atomic mass is 10.3. The van der Waals surface area contributed by atoms with Gasteiger partial charge < -0.3 is 15.5 Å². The quantitative estimate of drug-likeness (QED) is 0.532. The highest BCUT2D eigenvalue weighted by atomic mass is 79.9. The van der Waals surface area contributed by atoms with Crippen molar-refractivity contribution in [2.24, 2.45) is 4.99 Å². The topological polar surface area (TPSA) is 42.9 Å². The van der Waals surface area contributed by atoms with Gasteiger partial charge in [0.1, 0.15) is 0 Å². The summed E-state index contributed by atoms with van der Waals surface area (Å²) in [5, 5.41) is 6.43. The van der Waals surface area contributed by atoms with Crippen LogP contribution in [-0.2, 0) is 0 Å². The van der Waals surface area contributed by atoms with Crippen LogP contribution in [0.15, 0.2) is 33.7 Å². The second-order valence-electron chi connectivity index (χ2n) is 6.38. The fraction of sp³-hybridized carbons (Fsp3) is 0.588. The first kappa shape index (κ1) is 20.8. The van der Waals surface area contributed by atoms with E-state index in [0.29, 0.717) is 12.5 Å². The minimum atomic E-state index is -4.17. The van der Waals surface area contributed by atoms with Gasteiger partial charge in [-0.3, -0.25) is 9.89 Å². The molecule has 0 spiro atoms. The van der Waals surface area contributed by atoms with Crippen LogP contribution < -0.4 is 15.5 Å². The van der Waals surface area contributed by atoms with Gasteiger partial charge in [0.2, 0.25) is 0 Å². The molecule has 1 atom stereocenters. The first-order valence-electron chi connectivity index (χ1n) is 8.50. The molecule has 1 fully saturated rings. The highest BCUT2D eigenvalue weighted by Gasteiger charge is 2.29. The number of para-hydroxylation sites is 1. The van der Waals surface area contributed by atoms with Crippen molar-refractivity contribution in [1.82, 2.24) is 15.5 Å². The Balaban J connectivity index is 1.76. The lowest BCUT2D eigenvalue weighted by molar-refractivity contribution is -0.142. The lowest BCUT2D eigenvalue weighted by Crippen LogP contribution is -2.46. The fourth-order valence-electron chi connectivity index (χ4n) is 2.94. The Hall–Kier alpha value is -1.48. The number of alkyl halides is 3. The Morgan fingerprint density at radius 1 is 1.38 bits per heavy atom. The molecular weight excluding hydrogens is 411 g/mol. The van der Waals surface area contributed by atoms with Crippen molar-refractivity contribution in [3.05, 3.63) is 28.7 Å². The number of rotatable bonds is 6. The van der Waals surface area contributed by atoms with Crippen LogP contribution in [0.5, 0.6) is 0 Å². The summed E-state index contributed by atoms with van der Waals surface area (Å²) >= 11 is 3.58. The zero-order chi connectivity index (χ0) is 19.2. The number of nitrogens with zero attached hydrogens (tertiary/aromatic N) is 3. The third kappa shape index (κ3) is 6.68. The summed E-state index contributed by atoms with van der Waals surface area (Å²) in [5.74, 6) is 0.615. The van der Waals surface area contributed by atoms with E-state index in [2.05, 4.69) is 42.5 Å². The molecule has 1 aliphatic rings. The highest BCUT2D eigenvalue weighted by molar-refractivity contribution is 9.10. The largest absolute Gasteiger partial charge is 0.401 e. The smallest absolute Gasteiger partial charge is 0.368 e. The Morgan fingerprint density at radius 3 is 2.77 bits per heavy atom. The van der Waals surface area contributed by atoms with Gasteiger partial charge in [0.25, 0.3) is 0 Å². The van der Waals surface area contributed by atoms with E-state index < -0.39 is 12.7 Å². The normalized spacial score (nSPS) is 18.5. The van der Waals surface area contributed by atoms with Gasteiger partial charge in [-0.25, -0.2) is 0 Å². The number of guanidine groups is 1. The average molecular weight is 436 g/mol. The molecule has 0 aromatic heterocycles. The van der Waals surface area contributed by atoms with Crippen LogP contribution >= 0.6 is 15.9 Å². The summed E-state index contributed by atoms with van der Waals surface area (Å²) in [6, 6.07) is 8.34. The van der Waals surface area contributed by atoms with E-state index in [1.165, 1.54) is 11.9 Å². The van der Waals surface area contributed by atoms with Gasteiger partial charge in [-0.1, -0.05) is 12.1 Å². The monoisotopic (exact) mass is 435 g/mol. The molecule has 146 valence electrons. The molecule has 1 aromatic carbocycles. The molecule has 9 heteroatoms. The molecular formula is C17H25BrF3N5. The van der Waals surface area contributed by atoms with Crippen molar-refractivity contribution < 1.29 is 13.2 Å². The van der Waals surface area contributed by atoms with Crippen molar-refractivity contribution in [2.45, 2.75) is 18.6 Å². The SMILES string of the molecule is CN=C(NCCN(C)CC(F)(F)F)NC1CCN(c2ccccc2Br)C1. The summed E-state index contributed by atoms with van der Waals surface area (Å²) in [5.41, 5.74) is 1.16. The first-order chi connectivity index (χ1) is 12.3. The maximum absolute atomic E-state index is 12.3. The van der Waals surface area contributed by atoms with Crippen LogP contribution in [0.2, 0.25) is 0 Å². The zero-order valence-electron chi connectivity index (χ0n) is 15.0. The molecule has 2 rings (SSSR count). The number of anilines is 1. The number of aliphatic imine (C=N–C) groups is 1. The summed E-state index contributed by atoms with van der Waals surface area (Å²) in [7, 11) is 3.12. The summed E-state index contributed by atoms with van der Waals surface area (Å²) in [4.78, 5) is 7.70. The van der Waals surface area contributed by atoms with Crippen molar-refractivity contribution in [1.29, 1.82) is 0 Å². The number of likely N-dealkylation sites (N-methyl/N-ethyl adjacent to an activating group) is 1. The molecule has 26 heavy (non-hydrogen) atoms. The van der Waals surface area contributed by atoms with Crippen LogP contribution in [0.3, 0.4) is 0 Å². The molecule has 1 aromatic rings. The third-order valence-electron chi connectivity index (χ3n) is 4.18. The Bertz CT molecular complexity index is 608. The van der Waals surface area contributed by atoms with Gasteiger partial charge in [-0.05, 0) is 41.5 Å². The van der Waals surface area contributed by atoms with Gasteiger partial charge in [0.15, 0.2) is 5.96 Å². The molecule has 0 radical (unpaired) electrons. The Morgan fingerprint density at radius 2 is 2.12 bits per heavy atom. The second kappa shape index (κ2) is 9.45. The van der Waals surface area contributed by atoms with Gasteiger partial charge in [0, 0.05) is 43.7 Å². The third-order valence-corrected chi connectivity index (χ3v) is 4.85. The molecule has 5 nitrogen and oxygen atoms in total. The van der Waals surface area contributed by atoms with Crippen LogP contribution in [0, 0.1) is 0 Å². The van der Waals surface area contributed by atoms with Crippen LogP contribution in [0.1, 0.15) is 6.42 Å². The van der Waals surface area contributed by atoms with Crippen molar-refractivity contribution in [2.75, 3.05) is 51.7 Å². The van der Waals surface area contributed by atoms with Crippen molar-refractivity contribution in [3.63, 3.8) is 0 Å². The van der Waals surface area contributed by atoms with E-state index in [1.54, 1.807) is 7.05 Å². The minimum absolute atomic E-state index is 0.237. The standard InChI is InChI=1S/C17H25BrF3N5/c1-22-16(23-8-10-25(2)12-17(19,20)21)24-13-7-9-26(11-13)15-6-4-3-5-14(15)18/h3-6,13H,7-12H2,1-2H3,(H2,22,23,24). The molecule has 0 bridgehead atoms. The van der Waals surface area contributed by atoms with Gasteiger partial charge in [-0.15, -0.1) is 0 Å². The minimum Gasteiger partial charge on any atom is -0.368 e. The summed E-state index contributed by atoms with van der Waals surface area (Å²) in [6.07, 6.45) is -3.20. The van der Waals surface area contributed by atoms with Crippen molar-refractivity contribution >= 4 is 27.6 Å². The highest BCUT2D eigenvalue weighted by Crippen LogP contribution is 2.28. The average Bonchev–Trinajstić information content (AvgIpc) is 3.01. The number of nitrogens with one attached hydrogen (secondary N) is 2. The predicted octanol–water partition coefficient (Wildman–Crippen LogP) is 2.69. The Labute approximate surface area is 160 Å². The van der Waals surface area contributed by atoms with Gasteiger partial charge in [-0.2, -0.15) is 13.2 Å². The molecule has 1 aliphatic heterocycles. The van der Waals surface area contributed by atoms with Crippen LogP contribution in [0.25, 0.3) is 0 Å². The number of hydrogen-bond donors (Lipinski definition) is 2. The predicted molar refractivity (Wildman–Crippen MR) is 103 cm³/mol. The molecule has 0 amide bonds. The Kier molecular flexibility index (Phi) is 7.57. The molecule has 1 unspecified atom stereocenters. The molecule has 0 aliphatic carbocycles. The van der Waals surface area contributed by atoms with Crippen molar-refractivity contribution in [3.8, 4) is 0 Å². The zero-order valence-corrected chi connectivity index (χ0v) is 16.6. The molecule has 2 N–H and O–H groups in total. The van der Waals surface area contributed by atoms with Crippen LogP contribution in [0.4, 0.5) is 18.9 Å². The number of hydrogen-bond acceptors (Lipinski definition) is 3. The maximum Gasteiger partial charge on any atom is 0.401 e. The maximum atomic E-state index is 12.3. The fourth-order valence-corrected chi connectivity index (χ4v) is 3.48. The van der Waals surface area contributed by atoms with Crippen LogP contribution in [-0.4, -0.2) is 69.9 Å². The van der Waals surface area contributed by atoms with E-state index in [0.717, 1.165) is 29.7 Å².